The summed E-state index contributed by atoms with van der Waals surface area (Å²) in [6.45, 7) is 9.77. The Kier molecular flexibility index (Phi) is 3.83. The third kappa shape index (κ3) is 2.28. The highest BCUT2D eigenvalue weighted by Gasteiger charge is 2.71. The van der Waals surface area contributed by atoms with Gasteiger partial charge < -0.3 is 14.4 Å². The number of para-hydroxylation sites is 4. The van der Waals surface area contributed by atoms with Gasteiger partial charge >= 0.3 is 0 Å². The minimum absolute atomic E-state index is 0.00551. The van der Waals surface area contributed by atoms with Gasteiger partial charge in [-0.3, -0.25) is 0 Å². The Labute approximate surface area is 284 Å². The molecule has 2 unspecified atom stereocenters. The van der Waals surface area contributed by atoms with E-state index in [-0.39, 0.29) is 17.0 Å². The lowest BCUT2D eigenvalue weighted by molar-refractivity contribution is -0.734. The zero-order valence-corrected chi connectivity index (χ0v) is 28.2. The average molecular weight is 633 g/mol. The van der Waals surface area contributed by atoms with Gasteiger partial charge in [0, 0.05) is 45.3 Å². The number of fused-ring (bicyclic) bond motifs is 8. The Bertz CT molecular complexity index is 2770. The van der Waals surface area contributed by atoms with Gasteiger partial charge in [-0.1, -0.05) is 88.4 Å². The standard InChI is InChI=1S/C44H34N5/c1-42(2)26-13-10-14-27-38(26)49-39-28(42)20-22-33-36(39)44(46-23-11-15-29(40(46)49)43(27,3)4)35-34(48-32-18-9-8-17-31(32)45(5)41(44)48)21-19-25-24-12-6-7-16-30(24)47(33)37(25)35/h6-23,41H,1-5H3/q+1. The Morgan fingerprint density at radius 3 is 2.10 bits per heavy atom. The van der Waals surface area contributed by atoms with Gasteiger partial charge in [-0.2, -0.15) is 4.90 Å². The predicted molar refractivity (Wildman–Crippen MR) is 197 cm³/mol. The second-order valence-corrected chi connectivity index (χ2v) is 16.1. The Morgan fingerprint density at radius 2 is 1.27 bits per heavy atom. The number of likely N-dealkylation sites (N-methyl/N-ethyl adjacent to an activating group) is 1. The van der Waals surface area contributed by atoms with Crippen LogP contribution >= 0.6 is 0 Å². The van der Waals surface area contributed by atoms with Crippen molar-refractivity contribution in [2.45, 2.75) is 50.2 Å². The monoisotopic (exact) mass is 632 g/mol. The van der Waals surface area contributed by atoms with E-state index in [1.807, 2.05) is 0 Å². The normalized spacial score (nSPS) is 22.5. The van der Waals surface area contributed by atoms with E-state index in [2.05, 4.69) is 168 Å². The predicted octanol–water partition coefficient (Wildman–Crippen LogP) is 9.17. The average Bonchev–Trinajstić information content (AvgIpc) is 3.72. The lowest BCUT2D eigenvalue weighted by atomic mass is 9.63. The summed E-state index contributed by atoms with van der Waals surface area (Å²) in [7, 11) is 2.32. The van der Waals surface area contributed by atoms with E-state index in [1.165, 1.54) is 95.1 Å². The van der Waals surface area contributed by atoms with Crippen LogP contribution in [0.15, 0.2) is 109 Å². The summed E-state index contributed by atoms with van der Waals surface area (Å²) >= 11 is 0. The molecule has 13 rings (SSSR count). The molecule has 2 aromatic heterocycles. The molecule has 0 bridgehead atoms. The van der Waals surface area contributed by atoms with Gasteiger partial charge in [0.15, 0.2) is 6.17 Å². The fourth-order valence-corrected chi connectivity index (χ4v) is 11.5. The van der Waals surface area contributed by atoms with Crippen LogP contribution in [0.25, 0.3) is 27.5 Å². The highest BCUT2D eigenvalue weighted by atomic mass is 15.5. The van der Waals surface area contributed by atoms with Crippen LogP contribution in [0.4, 0.5) is 34.3 Å². The first kappa shape index (κ1) is 25.5. The second kappa shape index (κ2) is 7.37. The zero-order chi connectivity index (χ0) is 32.5. The summed E-state index contributed by atoms with van der Waals surface area (Å²) in [4.78, 5) is 7.94. The molecule has 0 saturated heterocycles. The number of hydrogen-bond acceptors (Lipinski definition) is 3. The molecule has 0 fully saturated rings. The third-order valence-corrected chi connectivity index (χ3v) is 13.5. The summed E-state index contributed by atoms with van der Waals surface area (Å²) in [5.41, 5.74) is 18.1. The molecule has 0 aliphatic carbocycles. The van der Waals surface area contributed by atoms with E-state index in [0.29, 0.717) is 0 Å². The van der Waals surface area contributed by atoms with Gasteiger partial charge in [0.05, 0.1) is 56.7 Å². The number of aromatic nitrogens is 2. The van der Waals surface area contributed by atoms with Gasteiger partial charge in [0.2, 0.25) is 5.54 Å². The van der Waals surface area contributed by atoms with Crippen molar-refractivity contribution >= 4 is 56.1 Å². The minimum Gasteiger partial charge on any atom is -0.348 e. The summed E-state index contributed by atoms with van der Waals surface area (Å²) in [5, 5.41) is 2.64. The molecule has 0 N–H and O–H groups in total. The van der Waals surface area contributed by atoms with Crippen LogP contribution in [0, 0.1) is 0 Å². The van der Waals surface area contributed by atoms with Crippen LogP contribution < -0.4 is 19.3 Å². The van der Waals surface area contributed by atoms with E-state index in [9.17, 15) is 0 Å². The summed E-state index contributed by atoms with van der Waals surface area (Å²) < 4.78 is 5.34. The van der Waals surface area contributed by atoms with E-state index in [0.717, 1.165) is 0 Å². The van der Waals surface area contributed by atoms with Gasteiger partial charge in [-0.05, 0) is 42.5 Å². The van der Waals surface area contributed by atoms with Crippen LogP contribution in [0.3, 0.4) is 0 Å². The number of nitrogens with zero attached hydrogens (tertiary/aromatic N) is 5. The fraction of sp³-hybridized carbons (Fsp3) is 0.205. The van der Waals surface area contributed by atoms with Crippen molar-refractivity contribution in [2.75, 3.05) is 21.7 Å². The van der Waals surface area contributed by atoms with Gasteiger partial charge in [0.25, 0.3) is 5.82 Å². The van der Waals surface area contributed by atoms with E-state index in [4.69, 9.17) is 0 Å². The van der Waals surface area contributed by atoms with Crippen molar-refractivity contribution in [3.63, 3.8) is 0 Å². The molecule has 5 aromatic carbocycles. The number of hydrogen-bond donors (Lipinski definition) is 0. The van der Waals surface area contributed by atoms with Crippen molar-refractivity contribution in [3.8, 4) is 5.69 Å². The molecule has 0 amide bonds. The summed E-state index contributed by atoms with van der Waals surface area (Å²) in [6, 6.07) is 39.6. The van der Waals surface area contributed by atoms with Crippen LogP contribution in [-0.4, -0.2) is 17.8 Å². The lowest BCUT2D eigenvalue weighted by Crippen LogP contribution is -2.72. The molecule has 1 spiro atoms. The van der Waals surface area contributed by atoms with Crippen molar-refractivity contribution in [3.05, 3.63) is 143 Å². The molecule has 2 atom stereocenters. The summed E-state index contributed by atoms with van der Waals surface area (Å²) in [6.07, 6.45) is 2.41. The Morgan fingerprint density at radius 1 is 0.571 bits per heavy atom. The maximum absolute atomic E-state index is 2.73. The summed E-state index contributed by atoms with van der Waals surface area (Å²) in [5.74, 6) is 1.31. The smallest absolute Gasteiger partial charge is 0.292 e. The van der Waals surface area contributed by atoms with E-state index in [1.54, 1.807) is 0 Å². The fourth-order valence-electron chi connectivity index (χ4n) is 11.5. The minimum atomic E-state index is -0.522. The van der Waals surface area contributed by atoms with Crippen molar-refractivity contribution in [1.29, 1.82) is 0 Å². The molecular formula is C44H34N5+. The molecule has 234 valence electrons. The topological polar surface area (TPSA) is 18.5 Å². The molecular weight excluding hydrogens is 599 g/mol. The highest BCUT2D eigenvalue weighted by Crippen LogP contribution is 2.70. The number of anilines is 6. The van der Waals surface area contributed by atoms with Crippen molar-refractivity contribution in [1.82, 2.24) is 4.57 Å². The van der Waals surface area contributed by atoms with E-state index < -0.39 is 5.54 Å². The molecule has 6 aliphatic heterocycles. The van der Waals surface area contributed by atoms with Crippen molar-refractivity contribution < 1.29 is 4.57 Å². The number of rotatable bonds is 0. The molecule has 0 saturated carbocycles. The second-order valence-electron chi connectivity index (χ2n) is 16.1. The molecule has 5 nitrogen and oxygen atoms in total. The molecule has 7 aromatic rings. The van der Waals surface area contributed by atoms with Gasteiger partial charge in [-0.15, -0.1) is 0 Å². The number of pyridine rings is 1. The Hall–Kier alpha value is -5.55. The quantitative estimate of drug-likeness (QED) is 0.155. The largest absolute Gasteiger partial charge is 0.348 e. The van der Waals surface area contributed by atoms with E-state index >= 15 is 0 Å². The molecule has 8 heterocycles. The maximum atomic E-state index is 2.73. The van der Waals surface area contributed by atoms with Crippen molar-refractivity contribution in [2.24, 2.45) is 0 Å². The highest BCUT2D eigenvalue weighted by molar-refractivity contribution is 6.15. The van der Waals surface area contributed by atoms with Crippen LogP contribution in [0.5, 0.6) is 0 Å². The van der Waals surface area contributed by atoms with Crippen LogP contribution in [-0.2, 0) is 16.4 Å². The maximum Gasteiger partial charge on any atom is 0.292 e. The van der Waals surface area contributed by atoms with Crippen LogP contribution in [0.2, 0.25) is 0 Å². The van der Waals surface area contributed by atoms with Gasteiger partial charge in [-0.25, -0.2) is 4.57 Å². The SMILES string of the molecule is CN1c2ccccc2N2c3ccc4c5ccccc5n5c4c3C3(c4c-5ccc5c4N4c6c(cccc6C(C)(C)c6ccc[n+]3c64)C5(C)C)C12. The molecule has 5 heteroatoms. The zero-order valence-electron chi connectivity index (χ0n) is 28.2. The third-order valence-electron chi connectivity index (χ3n) is 13.5. The first-order valence-electron chi connectivity index (χ1n) is 17.6. The molecule has 6 aliphatic rings. The Balaban J connectivity index is 1.34. The van der Waals surface area contributed by atoms with Gasteiger partial charge in [0.1, 0.15) is 11.4 Å². The van der Waals surface area contributed by atoms with Crippen LogP contribution in [0.1, 0.15) is 61.1 Å². The number of benzene rings is 5. The lowest BCUT2D eigenvalue weighted by Gasteiger charge is -2.52. The molecule has 0 radical (unpaired) electrons. The molecule has 49 heavy (non-hydrogen) atoms. The first-order chi connectivity index (χ1) is 23.8. The first-order valence-corrected chi connectivity index (χ1v) is 17.6.